The molecular weight excluding hydrogens is 634 g/mol. The maximum atomic E-state index is 12.9. The molecule has 274 valence electrons. The van der Waals surface area contributed by atoms with Gasteiger partial charge in [-0.15, -0.1) is 0 Å². The summed E-state index contributed by atoms with van der Waals surface area (Å²) in [4.78, 5) is 39.8. The number of esters is 1. The lowest BCUT2D eigenvalue weighted by atomic mass is 9.65. The minimum absolute atomic E-state index is 0.145. The largest absolute Gasteiger partial charge is 0.734 e. The van der Waals surface area contributed by atoms with Gasteiger partial charge in [0.2, 0.25) is 17.4 Å². The molecule has 2 aliphatic heterocycles. The van der Waals surface area contributed by atoms with Gasteiger partial charge in [0.25, 0.3) is 0 Å². The number of likely N-dealkylation sites (tertiary alicyclic amines) is 1. The maximum Gasteiger partial charge on any atom is 0.339 e. The van der Waals surface area contributed by atoms with Crippen LogP contribution in [0.3, 0.4) is 0 Å². The lowest BCUT2D eigenvalue weighted by Crippen LogP contribution is -2.80. The van der Waals surface area contributed by atoms with E-state index in [0.29, 0.717) is 11.1 Å². The van der Waals surface area contributed by atoms with Crippen LogP contribution in [0.2, 0.25) is 0 Å². The SMILES string of the molecule is CO[C@@H](C[C@H](C)[C@@H](O)/C=C/C=C/CNC(=O)C(C)(C)[C@H](O)\C(C)=C/C=C\C=C\C(C)=C(/C)N([O-])O)[C@]1(O)[C@H](C)C(=O)N(C)[C@@]12C(=O)O[C@H]2C. The number of carbonyl (C=O) groups excluding carboxylic acids is 3. The maximum absolute atomic E-state index is 12.9. The Balaban J connectivity index is 1.94. The van der Waals surface area contributed by atoms with Gasteiger partial charge in [0.05, 0.1) is 29.6 Å². The number of cyclic esters (lactones) is 1. The predicted octanol–water partition coefficient (Wildman–Crippen LogP) is 3.07. The first kappa shape index (κ1) is 41.6. The molecule has 0 aromatic carbocycles. The van der Waals surface area contributed by atoms with Crippen LogP contribution >= 0.6 is 0 Å². The zero-order valence-corrected chi connectivity index (χ0v) is 30.2. The highest BCUT2D eigenvalue weighted by molar-refractivity contribution is 5.99. The van der Waals surface area contributed by atoms with E-state index in [4.69, 9.17) is 14.7 Å². The number of methoxy groups -OCH3 is 1. The number of carbonyl (C=O) groups is 3. The van der Waals surface area contributed by atoms with E-state index in [0.717, 1.165) is 0 Å². The molecule has 8 atom stereocenters. The van der Waals surface area contributed by atoms with E-state index < -0.39 is 64.7 Å². The molecule has 2 fully saturated rings. The monoisotopic (exact) mass is 688 g/mol. The molecule has 2 rings (SSSR count). The van der Waals surface area contributed by atoms with Crippen LogP contribution in [0.25, 0.3) is 0 Å². The number of aliphatic hydroxyl groups is 3. The van der Waals surface area contributed by atoms with Crippen molar-refractivity contribution in [2.75, 3.05) is 20.7 Å². The molecule has 0 saturated carbocycles. The molecular formula is C36H54N3O10-. The van der Waals surface area contributed by atoms with Gasteiger partial charge in [-0.3, -0.25) is 14.8 Å². The quantitative estimate of drug-likeness (QED) is 0.0910. The van der Waals surface area contributed by atoms with Gasteiger partial charge < -0.3 is 45.4 Å². The molecule has 13 heteroatoms. The van der Waals surface area contributed by atoms with Gasteiger partial charge in [-0.2, -0.15) is 0 Å². The Labute approximate surface area is 289 Å². The zero-order chi connectivity index (χ0) is 37.5. The van der Waals surface area contributed by atoms with Gasteiger partial charge in [0.15, 0.2) is 0 Å². The van der Waals surface area contributed by atoms with Crippen molar-refractivity contribution in [3.8, 4) is 0 Å². The van der Waals surface area contributed by atoms with Crippen LogP contribution in [-0.4, -0.2) is 105 Å². The number of hydroxylamine groups is 2. The smallest absolute Gasteiger partial charge is 0.339 e. The van der Waals surface area contributed by atoms with Crippen molar-refractivity contribution in [1.82, 2.24) is 15.4 Å². The Morgan fingerprint density at radius 3 is 2.33 bits per heavy atom. The summed E-state index contributed by atoms with van der Waals surface area (Å²) in [6.07, 6.45) is 11.4. The standard InChI is InChI=1S/C36H54N3O10/c1-22(26(5)39(46)47)17-13-11-14-18-23(2)30(41)34(7,8)32(43)37-20-16-12-15-19-28(40)24(3)21-29(48-10)36(45)25(4)31(42)38(9)35(36)27(6)49-33(35)44/h11-19,24-25,27-30,40-41,45-46H,20-21H2,1-10H3,(H,37,43)/q-1/b14-11-,16-12+,17-13+,19-15+,23-18-,26-22+/t24-,25+,27-,28-,29-,30+,35-,36+/m0/s1. The Bertz CT molecular complexity index is 1400. The molecule has 2 heterocycles. The second kappa shape index (κ2) is 16.9. The van der Waals surface area contributed by atoms with Crippen LogP contribution < -0.4 is 5.32 Å². The van der Waals surface area contributed by atoms with Gasteiger partial charge in [0.1, 0.15) is 11.7 Å². The number of likely N-dealkylation sites (N-methyl/N-ethyl adjacent to an activating group) is 1. The molecule has 0 radical (unpaired) electrons. The first-order valence-corrected chi connectivity index (χ1v) is 16.3. The van der Waals surface area contributed by atoms with Gasteiger partial charge in [-0.05, 0) is 65.0 Å². The molecule has 49 heavy (non-hydrogen) atoms. The molecule has 2 aliphatic rings. The van der Waals surface area contributed by atoms with E-state index >= 15 is 0 Å². The number of rotatable bonds is 16. The van der Waals surface area contributed by atoms with E-state index in [-0.39, 0.29) is 29.8 Å². The van der Waals surface area contributed by atoms with Gasteiger partial charge in [-0.1, -0.05) is 68.5 Å². The predicted molar refractivity (Wildman–Crippen MR) is 184 cm³/mol. The molecule has 5 N–H and O–H groups in total. The normalized spacial score (nSPS) is 28.0. The summed E-state index contributed by atoms with van der Waals surface area (Å²) in [6.45, 7) is 13.3. The fourth-order valence-corrected chi connectivity index (χ4v) is 6.47. The average Bonchev–Trinajstić information content (AvgIpc) is 3.22. The van der Waals surface area contributed by atoms with E-state index in [1.54, 1.807) is 103 Å². The van der Waals surface area contributed by atoms with Crippen LogP contribution in [-0.2, 0) is 23.9 Å². The van der Waals surface area contributed by atoms with Crippen LogP contribution in [0, 0.1) is 22.5 Å². The first-order chi connectivity index (χ1) is 22.7. The summed E-state index contributed by atoms with van der Waals surface area (Å²) >= 11 is 0. The molecule has 13 nitrogen and oxygen atoms in total. The number of amides is 2. The van der Waals surface area contributed by atoms with E-state index in [2.05, 4.69) is 5.32 Å². The van der Waals surface area contributed by atoms with Crippen molar-refractivity contribution in [3.05, 3.63) is 76.7 Å². The minimum Gasteiger partial charge on any atom is -0.734 e. The van der Waals surface area contributed by atoms with Gasteiger partial charge in [-0.25, -0.2) is 4.79 Å². The summed E-state index contributed by atoms with van der Waals surface area (Å²) in [5.74, 6) is -2.80. The van der Waals surface area contributed by atoms with Crippen molar-refractivity contribution >= 4 is 17.8 Å². The molecule has 2 saturated heterocycles. The third-order valence-corrected chi connectivity index (χ3v) is 10.0. The van der Waals surface area contributed by atoms with Crippen LogP contribution in [0.4, 0.5) is 0 Å². The van der Waals surface area contributed by atoms with E-state index in [1.807, 2.05) is 0 Å². The lowest BCUT2D eigenvalue weighted by Gasteiger charge is -2.55. The molecule has 0 unspecified atom stereocenters. The molecule has 0 aromatic rings. The van der Waals surface area contributed by atoms with E-state index in [1.165, 1.54) is 26.0 Å². The highest BCUT2D eigenvalue weighted by Gasteiger charge is 2.80. The summed E-state index contributed by atoms with van der Waals surface area (Å²) in [5.41, 5.74) is -3.27. The minimum atomic E-state index is -1.87. The summed E-state index contributed by atoms with van der Waals surface area (Å²) in [7, 11) is 2.87. The van der Waals surface area contributed by atoms with Crippen LogP contribution in [0.1, 0.15) is 61.8 Å². The van der Waals surface area contributed by atoms with Crippen LogP contribution in [0.15, 0.2) is 71.5 Å². The topological polar surface area (TPSA) is 192 Å². The third-order valence-electron chi connectivity index (χ3n) is 10.0. The van der Waals surface area contributed by atoms with Crippen molar-refractivity contribution in [3.63, 3.8) is 0 Å². The molecule has 1 spiro atoms. The molecule has 0 bridgehead atoms. The Morgan fingerprint density at radius 1 is 1.14 bits per heavy atom. The highest BCUT2D eigenvalue weighted by Crippen LogP contribution is 2.54. The summed E-state index contributed by atoms with van der Waals surface area (Å²) in [5, 5.41) is 56.1. The van der Waals surface area contributed by atoms with Crippen molar-refractivity contribution < 1.29 is 44.4 Å². The Morgan fingerprint density at radius 2 is 1.78 bits per heavy atom. The van der Waals surface area contributed by atoms with E-state index in [9.17, 15) is 34.9 Å². The number of nitrogens with zero attached hydrogens (tertiary/aromatic N) is 2. The number of ether oxygens (including phenoxy) is 2. The zero-order valence-electron chi connectivity index (χ0n) is 30.2. The highest BCUT2D eigenvalue weighted by atomic mass is 16.8. The molecule has 0 aromatic heterocycles. The van der Waals surface area contributed by atoms with Crippen molar-refractivity contribution in [2.24, 2.45) is 17.3 Å². The lowest BCUT2D eigenvalue weighted by molar-refractivity contribution is -0.255. The fourth-order valence-electron chi connectivity index (χ4n) is 6.47. The number of nitrogens with one attached hydrogen (secondary N) is 1. The fraction of sp³-hybridized carbons (Fsp3) is 0.583. The number of hydrogen-bond donors (Lipinski definition) is 5. The summed E-state index contributed by atoms with van der Waals surface area (Å²) < 4.78 is 10.9. The van der Waals surface area contributed by atoms with Gasteiger partial charge in [0, 0.05) is 26.4 Å². The first-order valence-electron chi connectivity index (χ1n) is 16.3. The second-order valence-corrected chi connectivity index (χ2v) is 13.5. The number of allylic oxidation sites excluding steroid dienone is 9. The van der Waals surface area contributed by atoms with Gasteiger partial charge >= 0.3 is 5.97 Å². The molecule has 0 aliphatic carbocycles. The third kappa shape index (κ3) is 8.25. The number of hydrogen-bond acceptors (Lipinski definition) is 11. The second-order valence-electron chi connectivity index (χ2n) is 13.5. The van der Waals surface area contributed by atoms with Crippen LogP contribution in [0.5, 0.6) is 0 Å². The Hall–Kier alpha value is -3.59. The Kier molecular flexibility index (Phi) is 14.3. The average molecular weight is 689 g/mol. The molecule has 2 amide bonds. The van der Waals surface area contributed by atoms with Crippen molar-refractivity contribution in [2.45, 2.75) is 97.4 Å². The van der Waals surface area contributed by atoms with Crippen molar-refractivity contribution in [1.29, 1.82) is 0 Å². The summed E-state index contributed by atoms with van der Waals surface area (Å²) in [6, 6.07) is 0. The number of aliphatic hydroxyl groups excluding tert-OH is 2.